The number of thiophene rings is 1. The van der Waals surface area contributed by atoms with Gasteiger partial charge in [-0.15, -0.1) is 11.3 Å². The standard InChI is InChI=1S/C23H21Cl2N3O2S2/c1-28-11-9-17(14-28)30-21-12-16(6-7-20(21)24)27-32(29)22-13-19(23(25)31-22)18-5-3-2-4-15(18)8-10-26/h2-7,12-13,17,27H,8-9,11,14H2,1H3/t17-,32?/m1/s1. The molecule has 1 unspecified atom stereocenters. The Bertz CT molecular complexity index is 1190. The SMILES string of the molecule is CN1CC[C@@H](Oc2cc(NS(=O)c3cc(-c4ccccc4CC#N)c(Cl)s3)ccc2Cl)C1. The molecular formula is C23H21Cl2N3O2S2. The highest BCUT2D eigenvalue weighted by Gasteiger charge is 2.22. The quantitative estimate of drug-likeness (QED) is 0.427. The van der Waals surface area contributed by atoms with Crippen molar-refractivity contribution in [3.05, 3.63) is 63.5 Å². The van der Waals surface area contributed by atoms with Crippen molar-refractivity contribution in [3.8, 4) is 22.9 Å². The van der Waals surface area contributed by atoms with Crippen molar-refractivity contribution >= 4 is 51.2 Å². The van der Waals surface area contributed by atoms with Crippen molar-refractivity contribution in [2.45, 2.75) is 23.2 Å². The first-order valence-corrected chi connectivity index (χ1v) is 12.7. The van der Waals surface area contributed by atoms with E-state index in [9.17, 15) is 4.21 Å². The highest BCUT2D eigenvalue weighted by molar-refractivity contribution is 7.88. The zero-order chi connectivity index (χ0) is 22.7. The Kier molecular flexibility index (Phi) is 7.39. The molecular weight excluding hydrogens is 485 g/mol. The van der Waals surface area contributed by atoms with Gasteiger partial charge in [-0.1, -0.05) is 47.5 Å². The van der Waals surface area contributed by atoms with Crippen LogP contribution in [0.4, 0.5) is 5.69 Å². The van der Waals surface area contributed by atoms with Crippen molar-refractivity contribution < 1.29 is 8.95 Å². The van der Waals surface area contributed by atoms with E-state index in [0.717, 1.165) is 36.2 Å². The molecule has 0 spiro atoms. The lowest BCUT2D eigenvalue weighted by molar-refractivity contribution is 0.208. The number of halogens is 2. The summed E-state index contributed by atoms with van der Waals surface area (Å²) in [5, 5.41) is 9.62. The second-order valence-corrected chi connectivity index (χ2v) is 11.1. The number of hydrogen-bond donors (Lipinski definition) is 1. The van der Waals surface area contributed by atoms with E-state index in [1.165, 1.54) is 11.3 Å². The Morgan fingerprint density at radius 3 is 2.81 bits per heavy atom. The Morgan fingerprint density at radius 2 is 2.06 bits per heavy atom. The summed E-state index contributed by atoms with van der Waals surface area (Å²) < 4.78 is 23.2. The molecule has 1 saturated heterocycles. The zero-order valence-electron chi connectivity index (χ0n) is 17.3. The van der Waals surface area contributed by atoms with E-state index in [-0.39, 0.29) is 12.5 Å². The minimum absolute atomic E-state index is 0.0883. The summed E-state index contributed by atoms with van der Waals surface area (Å²) in [5.74, 6) is 0.573. The zero-order valence-corrected chi connectivity index (χ0v) is 20.5. The number of likely N-dealkylation sites (tertiary alicyclic amines) is 1. The van der Waals surface area contributed by atoms with Gasteiger partial charge in [-0.25, -0.2) is 4.21 Å². The van der Waals surface area contributed by atoms with Crippen molar-refractivity contribution in [1.29, 1.82) is 5.26 Å². The first-order valence-electron chi connectivity index (χ1n) is 10.0. The smallest absolute Gasteiger partial charge is 0.160 e. The van der Waals surface area contributed by atoms with Gasteiger partial charge in [-0.05, 0) is 42.8 Å². The third-order valence-corrected chi connectivity index (χ3v) is 8.28. The van der Waals surface area contributed by atoms with Crippen LogP contribution < -0.4 is 9.46 Å². The van der Waals surface area contributed by atoms with Gasteiger partial charge in [-0.3, -0.25) is 0 Å². The Morgan fingerprint density at radius 1 is 1.25 bits per heavy atom. The molecule has 1 aliphatic rings. The maximum atomic E-state index is 13.0. The lowest BCUT2D eigenvalue weighted by Gasteiger charge is -2.16. The van der Waals surface area contributed by atoms with Crippen LogP contribution in [0.2, 0.25) is 9.36 Å². The number of nitriles is 1. The lowest BCUT2D eigenvalue weighted by Crippen LogP contribution is -2.21. The predicted octanol–water partition coefficient (Wildman–Crippen LogP) is 6.01. The van der Waals surface area contributed by atoms with Crippen LogP contribution in [0.25, 0.3) is 11.1 Å². The summed E-state index contributed by atoms with van der Waals surface area (Å²) in [7, 11) is 0.540. The molecule has 0 saturated carbocycles. The van der Waals surface area contributed by atoms with Crippen LogP contribution in [0.15, 0.2) is 52.7 Å². The largest absolute Gasteiger partial charge is 0.487 e. The Balaban J connectivity index is 1.52. The number of ether oxygens (including phenoxy) is 1. The van der Waals surface area contributed by atoms with Crippen LogP contribution in [-0.2, 0) is 17.4 Å². The van der Waals surface area contributed by atoms with E-state index >= 15 is 0 Å². The molecule has 2 heterocycles. The number of benzene rings is 2. The summed E-state index contributed by atoms with van der Waals surface area (Å²) >= 11 is 14.1. The molecule has 0 bridgehead atoms. The van der Waals surface area contributed by atoms with E-state index in [1.807, 2.05) is 30.3 Å². The van der Waals surface area contributed by atoms with Gasteiger partial charge in [0.1, 0.15) is 20.4 Å². The molecule has 1 aliphatic heterocycles. The van der Waals surface area contributed by atoms with Gasteiger partial charge >= 0.3 is 0 Å². The lowest BCUT2D eigenvalue weighted by atomic mass is 10.0. The molecule has 9 heteroatoms. The number of nitrogens with zero attached hydrogens (tertiary/aromatic N) is 2. The molecule has 0 aliphatic carbocycles. The van der Waals surface area contributed by atoms with Gasteiger partial charge in [-0.2, -0.15) is 5.26 Å². The molecule has 0 amide bonds. The van der Waals surface area contributed by atoms with Crippen molar-refractivity contribution in [2.75, 3.05) is 24.9 Å². The fraction of sp³-hybridized carbons (Fsp3) is 0.261. The van der Waals surface area contributed by atoms with E-state index < -0.39 is 11.0 Å². The fourth-order valence-corrected chi connectivity index (χ4v) is 6.31. The molecule has 1 N–H and O–H groups in total. The second kappa shape index (κ2) is 10.2. The third kappa shape index (κ3) is 5.28. The Hall–Kier alpha value is -2.08. The minimum Gasteiger partial charge on any atom is -0.487 e. The summed E-state index contributed by atoms with van der Waals surface area (Å²) in [5.41, 5.74) is 3.18. The van der Waals surface area contributed by atoms with Crippen LogP contribution in [0, 0.1) is 11.3 Å². The van der Waals surface area contributed by atoms with Crippen LogP contribution >= 0.6 is 34.5 Å². The summed E-state index contributed by atoms with van der Waals surface area (Å²) in [4.78, 5) is 2.21. The molecule has 5 nitrogen and oxygen atoms in total. The van der Waals surface area contributed by atoms with Gasteiger partial charge < -0.3 is 14.4 Å². The molecule has 4 rings (SSSR count). The van der Waals surface area contributed by atoms with Crippen LogP contribution in [-0.4, -0.2) is 35.3 Å². The van der Waals surface area contributed by atoms with E-state index in [1.54, 1.807) is 18.2 Å². The maximum Gasteiger partial charge on any atom is 0.160 e. The van der Waals surface area contributed by atoms with E-state index in [0.29, 0.717) is 25.0 Å². The van der Waals surface area contributed by atoms with Crippen LogP contribution in [0.3, 0.4) is 0 Å². The van der Waals surface area contributed by atoms with E-state index in [4.69, 9.17) is 33.2 Å². The monoisotopic (exact) mass is 505 g/mol. The fourth-order valence-electron chi connectivity index (χ4n) is 3.63. The minimum atomic E-state index is -1.52. The van der Waals surface area contributed by atoms with Gasteiger partial charge in [0.25, 0.3) is 0 Å². The average Bonchev–Trinajstić information content (AvgIpc) is 3.36. The molecule has 1 fully saturated rings. The predicted molar refractivity (Wildman–Crippen MR) is 132 cm³/mol. The van der Waals surface area contributed by atoms with Crippen LogP contribution in [0.5, 0.6) is 5.75 Å². The van der Waals surface area contributed by atoms with Crippen molar-refractivity contribution in [2.24, 2.45) is 0 Å². The number of anilines is 1. The molecule has 166 valence electrons. The van der Waals surface area contributed by atoms with Crippen LogP contribution in [0.1, 0.15) is 12.0 Å². The van der Waals surface area contributed by atoms with Gasteiger partial charge in [0.15, 0.2) is 11.0 Å². The summed E-state index contributed by atoms with van der Waals surface area (Å²) in [6.45, 7) is 1.84. The summed E-state index contributed by atoms with van der Waals surface area (Å²) in [6.07, 6.45) is 1.31. The molecule has 32 heavy (non-hydrogen) atoms. The number of likely N-dealkylation sites (N-methyl/N-ethyl adjacent to an activating group) is 1. The first-order chi connectivity index (χ1) is 15.4. The number of rotatable bonds is 7. The molecule has 3 aromatic rings. The number of nitrogens with one attached hydrogen (secondary N) is 1. The highest BCUT2D eigenvalue weighted by atomic mass is 35.5. The second-order valence-electron chi connectivity index (χ2n) is 7.55. The van der Waals surface area contributed by atoms with Crippen molar-refractivity contribution in [1.82, 2.24) is 4.90 Å². The molecule has 0 radical (unpaired) electrons. The third-order valence-electron chi connectivity index (χ3n) is 5.21. The first kappa shape index (κ1) is 23.1. The van der Waals surface area contributed by atoms with Gasteiger partial charge in [0, 0.05) is 24.7 Å². The molecule has 1 aromatic heterocycles. The maximum absolute atomic E-state index is 13.0. The number of hydrogen-bond acceptors (Lipinski definition) is 5. The molecule has 2 atom stereocenters. The van der Waals surface area contributed by atoms with Gasteiger partial charge in [0.05, 0.1) is 23.2 Å². The topological polar surface area (TPSA) is 65.4 Å². The molecule has 2 aromatic carbocycles. The normalized spacial score (nSPS) is 17.1. The van der Waals surface area contributed by atoms with E-state index in [2.05, 4.69) is 22.7 Å². The van der Waals surface area contributed by atoms with Crippen molar-refractivity contribution in [3.63, 3.8) is 0 Å². The average molecular weight is 506 g/mol. The van der Waals surface area contributed by atoms with Gasteiger partial charge in [0.2, 0.25) is 0 Å². The Labute approximate surface area is 204 Å². The highest BCUT2D eigenvalue weighted by Crippen LogP contribution is 2.39. The summed E-state index contributed by atoms with van der Waals surface area (Å²) in [6, 6.07) is 16.9.